The number of amides is 1. The molecule has 86 valence electrons. The number of aryl methyl sites for hydroxylation is 1. The first-order valence-electron chi connectivity index (χ1n) is 4.59. The number of hydrogen-bond donors (Lipinski definition) is 1. The second kappa shape index (κ2) is 5.82. The monoisotopic (exact) mass is 223 g/mol. The zero-order valence-electron chi connectivity index (χ0n) is 8.73. The maximum absolute atomic E-state index is 11.2. The molecule has 1 aromatic rings. The van der Waals surface area contributed by atoms with Crippen molar-refractivity contribution >= 4 is 17.7 Å². The molecule has 0 bridgehead atoms. The van der Waals surface area contributed by atoms with Crippen LogP contribution < -0.4 is 10.4 Å². The summed E-state index contributed by atoms with van der Waals surface area (Å²) >= 11 is 0. The highest BCUT2D eigenvalue weighted by Gasteiger charge is 2.03. The van der Waals surface area contributed by atoms with E-state index < -0.39 is 18.5 Å². The molecular weight excluding hydrogens is 212 g/mol. The van der Waals surface area contributed by atoms with E-state index in [9.17, 15) is 14.7 Å². The fraction of sp³-hybridized carbons (Fsp3) is 0.300. The van der Waals surface area contributed by atoms with Crippen LogP contribution in [0.5, 0.6) is 0 Å². The quantitative estimate of drug-likeness (QED) is 0.698. The molecule has 1 amide bonds. The molecule has 0 saturated heterocycles. The van der Waals surface area contributed by atoms with E-state index in [2.05, 4.69) is 15.0 Å². The third-order valence-electron chi connectivity index (χ3n) is 1.61. The van der Waals surface area contributed by atoms with E-state index in [1.807, 2.05) is 0 Å². The van der Waals surface area contributed by atoms with E-state index in [4.69, 9.17) is 0 Å². The first-order valence-corrected chi connectivity index (χ1v) is 4.59. The van der Waals surface area contributed by atoms with Crippen LogP contribution in [-0.2, 0) is 14.3 Å². The summed E-state index contributed by atoms with van der Waals surface area (Å²) in [5, 5.41) is 12.5. The van der Waals surface area contributed by atoms with Gasteiger partial charge in [0, 0.05) is 5.69 Å². The average Bonchev–Trinajstić information content (AvgIpc) is 2.16. The van der Waals surface area contributed by atoms with E-state index in [0.717, 1.165) is 5.69 Å². The molecule has 16 heavy (non-hydrogen) atoms. The Morgan fingerprint density at radius 1 is 1.44 bits per heavy atom. The van der Waals surface area contributed by atoms with Gasteiger partial charge in [-0.1, -0.05) is 6.07 Å². The van der Waals surface area contributed by atoms with Crippen molar-refractivity contribution < 1.29 is 19.4 Å². The van der Waals surface area contributed by atoms with Crippen molar-refractivity contribution in [3.05, 3.63) is 23.9 Å². The number of hydrogen-bond acceptors (Lipinski definition) is 5. The van der Waals surface area contributed by atoms with Crippen LogP contribution in [0.15, 0.2) is 18.2 Å². The number of carboxylic acids is 1. The molecule has 0 aliphatic carbocycles. The van der Waals surface area contributed by atoms with Crippen molar-refractivity contribution in [3.63, 3.8) is 0 Å². The van der Waals surface area contributed by atoms with E-state index in [-0.39, 0.29) is 6.61 Å². The lowest BCUT2D eigenvalue weighted by molar-refractivity contribution is -0.309. The van der Waals surface area contributed by atoms with Gasteiger partial charge < -0.3 is 20.0 Å². The number of carbonyl (C=O) groups is 2. The Labute approximate surface area is 92.3 Å². The molecule has 0 aliphatic rings. The Balaban J connectivity index is 2.37. The molecule has 0 unspecified atom stereocenters. The maximum Gasteiger partial charge on any atom is 0.251 e. The van der Waals surface area contributed by atoms with Crippen molar-refractivity contribution in [2.24, 2.45) is 0 Å². The second-order valence-corrected chi connectivity index (χ2v) is 3.08. The molecule has 1 heterocycles. The molecule has 0 saturated carbocycles. The highest BCUT2D eigenvalue weighted by Crippen LogP contribution is 2.03. The third kappa shape index (κ3) is 4.52. The van der Waals surface area contributed by atoms with Crippen LogP contribution in [0.2, 0.25) is 0 Å². The van der Waals surface area contributed by atoms with Gasteiger partial charge in [0.2, 0.25) is 0 Å². The highest BCUT2D eigenvalue weighted by atomic mass is 16.5. The fourth-order valence-electron chi connectivity index (χ4n) is 1.02. The zero-order chi connectivity index (χ0) is 12.0. The van der Waals surface area contributed by atoms with Crippen molar-refractivity contribution in [3.8, 4) is 0 Å². The number of carbonyl (C=O) groups excluding carboxylic acids is 2. The number of nitrogens with one attached hydrogen (secondary N) is 1. The molecule has 0 spiro atoms. The van der Waals surface area contributed by atoms with Gasteiger partial charge in [-0.25, -0.2) is 4.98 Å². The molecule has 0 radical (unpaired) electrons. The Kier molecular flexibility index (Phi) is 4.41. The summed E-state index contributed by atoms with van der Waals surface area (Å²) in [4.78, 5) is 25.3. The number of carboxylic acid groups (broad SMARTS) is 1. The molecule has 0 aromatic carbocycles. The van der Waals surface area contributed by atoms with E-state index in [1.165, 1.54) is 0 Å². The Morgan fingerprint density at radius 2 is 2.19 bits per heavy atom. The third-order valence-corrected chi connectivity index (χ3v) is 1.61. The van der Waals surface area contributed by atoms with E-state index in [0.29, 0.717) is 5.82 Å². The van der Waals surface area contributed by atoms with Crippen LogP contribution in [-0.4, -0.2) is 30.1 Å². The summed E-state index contributed by atoms with van der Waals surface area (Å²) in [5.74, 6) is -1.41. The SMILES string of the molecule is Cc1cccc(NC(=O)COCC(=O)[O-])n1. The predicted octanol–water partition coefficient (Wildman–Crippen LogP) is -0.905. The maximum atomic E-state index is 11.2. The van der Waals surface area contributed by atoms with Crippen LogP contribution in [0, 0.1) is 6.92 Å². The Morgan fingerprint density at radius 3 is 2.81 bits per heavy atom. The van der Waals surface area contributed by atoms with Gasteiger partial charge >= 0.3 is 0 Å². The van der Waals surface area contributed by atoms with Crippen LogP contribution >= 0.6 is 0 Å². The molecule has 0 fully saturated rings. The molecule has 1 aromatic heterocycles. The first kappa shape index (κ1) is 12.1. The predicted molar refractivity (Wildman–Crippen MR) is 53.4 cm³/mol. The summed E-state index contributed by atoms with van der Waals surface area (Å²) in [6, 6.07) is 5.17. The van der Waals surface area contributed by atoms with Gasteiger partial charge in [0.25, 0.3) is 5.91 Å². The highest BCUT2D eigenvalue weighted by molar-refractivity contribution is 5.90. The number of anilines is 1. The molecule has 6 heteroatoms. The van der Waals surface area contributed by atoms with Gasteiger partial charge in [0.1, 0.15) is 12.4 Å². The minimum atomic E-state index is -1.36. The molecule has 1 N–H and O–H groups in total. The summed E-state index contributed by atoms with van der Waals surface area (Å²) in [5.41, 5.74) is 0.772. The van der Waals surface area contributed by atoms with Gasteiger partial charge in [-0.2, -0.15) is 0 Å². The van der Waals surface area contributed by atoms with E-state index in [1.54, 1.807) is 25.1 Å². The molecule has 0 aliphatic heterocycles. The number of nitrogens with zero attached hydrogens (tertiary/aromatic N) is 1. The smallest absolute Gasteiger partial charge is 0.251 e. The minimum Gasteiger partial charge on any atom is -0.548 e. The fourth-order valence-corrected chi connectivity index (χ4v) is 1.02. The van der Waals surface area contributed by atoms with Crippen LogP contribution in [0.4, 0.5) is 5.82 Å². The first-order chi connectivity index (χ1) is 7.58. The van der Waals surface area contributed by atoms with Gasteiger partial charge in [-0.15, -0.1) is 0 Å². The normalized spacial score (nSPS) is 9.81. The van der Waals surface area contributed by atoms with Gasteiger partial charge in [0.15, 0.2) is 0 Å². The van der Waals surface area contributed by atoms with Crippen LogP contribution in [0.25, 0.3) is 0 Å². The lowest BCUT2D eigenvalue weighted by Crippen LogP contribution is -2.29. The van der Waals surface area contributed by atoms with Crippen molar-refractivity contribution in [2.75, 3.05) is 18.5 Å². The topological polar surface area (TPSA) is 91.3 Å². The molecular formula is C10H11N2O4-. The largest absolute Gasteiger partial charge is 0.548 e. The van der Waals surface area contributed by atoms with Crippen molar-refractivity contribution in [1.29, 1.82) is 0 Å². The Hall–Kier alpha value is -1.95. The summed E-state index contributed by atoms with van der Waals surface area (Å²) in [6.07, 6.45) is 0. The lowest BCUT2D eigenvalue weighted by atomic mass is 10.4. The number of pyridine rings is 1. The lowest BCUT2D eigenvalue weighted by Gasteiger charge is -2.06. The number of aliphatic carboxylic acids is 1. The summed E-state index contributed by atoms with van der Waals surface area (Å²) < 4.78 is 4.56. The van der Waals surface area contributed by atoms with Gasteiger partial charge in [0.05, 0.1) is 12.6 Å². The zero-order valence-corrected chi connectivity index (χ0v) is 8.73. The minimum absolute atomic E-state index is 0.344. The van der Waals surface area contributed by atoms with Crippen molar-refractivity contribution in [2.45, 2.75) is 6.92 Å². The molecule has 0 atom stereocenters. The van der Waals surface area contributed by atoms with Crippen LogP contribution in [0.1, 0.15) is 5.69 Å². The van der Waals surface area contributed by atoms with Gasteiger partial charge in [-0.3, -0.25) is 4.79 Å². The Bertz CT molecular complexity index is 392. The number of aromatic nitrogens is 1. The van der Waals surface area contributed by atoms with Gasteiger partial charge in [-0.05, 0) is 19.1 Å². The number of rotatable bonds is 5. The second-order valence-electron chi connectivity index (χ2n) is 3.08. The standard InChI is InChI=1S/C10H12N2O4/c1-7-3-2-4-8(11-7)12-9(13)5-16-6-10(14)15/h2-4H,5-6H2,1H3,(H,14,15)(H,11,12,13)/p-1. The number of ether oxygens (including phenoxy) is 1. The van der Waals surface area contributed by atoms with Crippen LogP contribution in [0.3, 0.4) is 0 Å². The molecule has 6 nitrogen and oxygen atoms in total. The van der Waals surface area contributed by atoms with E-state index >= 15 is 0 Å². The average molecular weight is 223 g/mol. The molecule has 1 rings (SSSR count). The summed E-state index contributed by atoms with van der Waals surface area (Å²) in [6.45, 7) is 0.848. The van der Waals surface area contributed by atoms with Crippen molar-refractivity contribution in [1.82, 2.24) is 4.98 Å². The summed E-state index contributed by atoms with van der Waals surface area (Å²) in [7, 11) is 0.